The number of hydrogen-bond acceptors (Lipinski definition) is 3. The third-order valence-electron chi connectivity index (χ3n) is 4.59. The van der Waals surface area contributed by atoms with Crippen molar-refractivity contribution in [1.82, 2.24) is 5.32 Å². The van der Waals surface area contributed by atoms with Gasteiger partial charge in [0.25, 0.3) is 0 Å². The Morgan fingerprint density at radius 3 is 2.56 bits per heavy atom. The zero-order valence-electron chi connectivity index (χ0n) is 11.5. The summed E-state index contributed by atoms with van der Waals surface area (Å²) in [5.74, 6) is 2.64. The minimum absolute atomic E-state index is 0.212. The molecule has 2 bridgehead atoms. The van der Waals surface area contributed by atoms with Crippen LogP contribution < -0.4 is 11.1 Å². The molecule has 0 aromatic heterocycles. The zero-order chi connectivity index (χ0) is 13.1. The molecule has 2 aliphatic carbocycles. The average molecular weight is 270 g/mol. The van der Waals surface area contributed by atoms with E-state index < -0.39 is 0 Å². The second-order valence-electron chi connectivity index (χ2n) is 6.06. The molecule has 3 atom stereocenters. The highest BCUT2D eigenvalue weighted by atomic mass is 32.2. The summed E-state index contributed by atoms with van der Waals surface area (Å²) >= 11 is 1.78. The topological polar surface area (TPSA) is 55.1 Å². The maximum Gasteiger partial charge on any atom is 0.223 e. The van der Waals surface area contributed by atoms with Gasteiger partial charge >= 0.3 is 0 Å². The molecule has 0 saturated heterocycles. The summed E-state index contributed by atoms with van der Waals surface area (Å²) in [6, 6.07) is 0.634. The van der Waals surface area contributed by atoms with Gasteiger partial charge in [0.05, 0.1) is 0 Å². The summed E-state index contributed by atoms with van der Waals surface area (Å²) in [7, 11) is 0. The fourth-order valence-corrected chi connectivity index (χ4v) is 4.24. The lowest BCUT2D eigenvalue weighted by molar-refractivity contribution is -0.128. The largest absolute Gasteiger partial charge is 0.353 e. The Hall–Kier alpha value is -0.220. The van der Waals surface area contributed by atoms with Gasteiger partial charge in [-0.05, 0) is 50.7 Å². The molecule has 2 rings (SSSR count). The zero-order valence-corrected chi connectivity index (χ0v) is 12.3. The van der Waals surface area contributed by atoms with E-state index in [1.807, 2.05) is 0 Å². The first-order chi connectivity index (χ1) is 8.61. The molecule has 3 unspecified atom stereocenters. The Balaban J connectivity index is 1.88. The minimum Gasteiger partial charge on any atom is -0.353 e. The molecule has 0 aliphatic heterocycles. The van der Waals surface area contributed by atoms with Crippen molar-refractivity contribution in [2.45, 2.75) is 51.1 Å². The standard InChI is InChI=1S/C14H26N2OS/c1-9(8-18-2)16-14(17)12-6-10-4-3-5-11(7-12)13(10)15/h9-13H,3-8,15H2,1-2H3,(H,16,17). The van der Waals surface area contributed by atoms with Crippen molar-refractivity contribution in [3.63, 3.8) is 0 Å². The molecule has 3 nitrogen and oxygen atoms in total. The van der Waals surface area contributed by atoms with E-state index in [9.17, 15) is 4.79 Å². The predicted molar refractivity (Wildman–Crippen MR) is 77.5 cm³/mol. The number of carbonyl (C=O) groups excluding carboxylic acids is 1. The van der Waals surface area contributed by atoms with Crippen LogP contribution in [0.2, 0.25) is 0 Å². The highest BCUT2D eigenvalue weighted by Gasteiger charge is 2.40. The average Bonchev–Trinajstić information content (AvgIpc) is 2.28. The Labute approximate surface area is 115 Å². The number of carbonyl (C=O) groups is 1. The third-order valence-corrected chi connectivity index (χ3v) is 5.42. The number of amides is 1. The third kappa shape index (κ3) is 3.21. The molecule has 2 fully saturated rings. The molecule has 18 heavy (non-hydrogen) atoms. The quantitative estimate of drug-likeness (QED) is 0.821. The Morgan fingerprint density at radius 1 is 1.39 bits per heavy atom. The minimum atomic E-state index is 0.212. The van der Waals surface area contributed by atoms with E-state index in [4.69, 9.17) is 5.73 Å². The molecule has 0 aromatic rings. The van der Waals surface area contributed by atoms with Crippen LogP contribution in [0.3, 0.4) is 0 Å². The molecule has 1 amide bonds. The number of fused-ring (bicyclic) bond motifs is 2. The number of rotatable bonds is 4. The second-order valence-corrected chi connectivity index (χ2v) is 6.97. The van der Waals surface area contributed by atoms with Crippen molar-refractivity contribution in [2.24, 2.45) is 23.5 Å². The van der Waals surface area contributed by atoms with E-state index in [-0.39, 0.29) is 17.9 Å². The summed E-state index contributed by atoms with van der Waals surface area (Å²) in [5, 5.41) is 3.15. The van der Waals surface area contributed by atoms with Gasteiger partial charge in [-0.15, -0.1) is 0 Å². The predicted octanol–water partition coefficient (Wildman–Crippen LogP) is 2.01. The number of thioether (sulfide) groups is 1. The summed E-state index contributed by atoms with van der Waals surface area (Å²) < 4.78 is 0. The lowest BCUT2D eigenvalue weighted by atomic mass is 9.65. The first-order valence-corrected chi connectivity index (χ1v) is 8.56. The van der Waals surface area contributed by atoms with Crippen LogP contribution in [0.5, 0.6) is 0 Å². The van der Waals surface area contributed by atoms with E-state index in [1.165, 1.54) is 19.3 Å². The van der Waals surface area contributed by atoms with Crippen LogP contribution in [0.15, 0.2) is 0 Å². The van der Waals surface area contributed by atoms with Crippen LogP contribution in [0.25, 0.3) is 0 Å². The van der Waals surface area contributed by atoms with Crippen LogP contribution in [-0.2, 0) is 4.79 Å². The molecule has 2 saturated carbocycles. The van der Waals surface area contributed by atoms with Gasteiger partial charge in [0.2, 0.25) is 5.91 Å². The van der Waals surface area contributed by atoms with E-state index in [0.29, 0.717) is 17.9 Å². The normalized spacial score (nSPS) is 37.1. The van der Waals surface area contributed by atoms with Gasteiger partial charge in [0, 0.05) is 23.8 Å². The molecular formula is C14H26N2OS. The number of nitrogens with one attached hydrogen (secondary N) is 1. The van der Waals surface area contributed by atoms with Crippen LogP contribution in [0, 0.1) is 17.8 Å². The first kappa shape index (κ1) is 14.2. The summed E-state index contributed by atoms with van der Waals surface area (Å²) in [6.07, 6.45) is 7.85. The fourth-order valence-electron chi connectivity index (χ4n) is 3.66. The van der Waals surface area contributed by atoms with Crippen molar-refractivity contribution in [3.05, 3.63) is 0 Å². The smallest absolute Gasteiger partial charge is 0.223 e. The molecular weight excluding hydrogens is 244 g/mol. The van der Waals surface area contributed by atoms with Crippen molar-refractivity contribution in [2.75, 3.05) is 12.0 Å². The fraction of sp³-hybridized carbons (Fsp3) is 0.929. The van der Waals surface area contributed by atoms with E-state index in [1.54, 1.807) is 11.8 Å². The Morgan fingerprint density at radius 2 is 2.00 bits per heavy atom. The lowest BCUT2D eigenvalue weighted by Crippen LogP contribution is -2.50. The molecule has 3 N–H and O–H groups in total. The van der Waals surface area contributed by atoms with Gasteiger partial charge in [0.1, 0.15) is 0 Å². The number of nitrogens with two attached hydrogens (primary N) is 1. The van der Waals surface area contributed by atoms with Gasteiger partial charge in [-0.25, -0.2) is 0 Å². The van der Waals surface area contributed by atoms with Gasteiger partial charge in [-0.2, -0.15) is 11.8 Å². The van der Waals surface area contributed by atoms with Gasteiger partial charge in [0.15, 0.2) is 0 Å². The van der Waals surface area contributed by atoms with E-state index >= 15 is 0 Å². The van der Waals surface area contributed by atoms with Crippen molar-refractivity contribution in [3.8, 4) is 0 Å². The SMILES string of the molecule is CSCC(C)NC(=O)C1CC2CCCC(C1)C2N. The maximum atomic E-state index is 12.3. The molecule has 0 spiro atoms. The van der Waals surface area contributed by atoms with Crippen LogP contribution in [-0.4, -0.2) is 30.0 Å². The number of hydrogen-bond donors (Lipinski definition) is 2. The second kappa shape index (κ2) is 6.29. The summed E-state index contributed by atoms with van der Waals surface area (Å²) in [6.45, 7) is 2.09. The maximum absolute atomic E-state index is 12.3. The van der Waals surface area contributed by atoms with Crippen LogP contribution in [0.4, 0.5) is 0 Å². The Bertz CT molecular complexity index is 284. The van der Waals surface area contributed by atoms with Crippen molar-refractivity contribution >= 4 is 17.7 Å². The summed E-state index contributed by atoms with van der Waals surface area (Å²) in [5.41, 5.74) is 6.26. The highest BCUT2D eigenvalue weighted by Crippen LogP contribution is 2.41. The van der Waals surface area contributed by atoms with E-state index in [2.05, 4.69) is 18.5 Å². The summed E-state index contributed by atoms with van der Waals surface area (Å²) in [4.78, 5) is 12.3. The van der Waals surface area contributed by atoms with Gasteiger partial charge in [-0.3, -0.25) is 4.79 Å². The molecule has 104 valence electrons. The monoisotopic (exact) mass is 270 g/mol. The molecule has 0 aromatic carbocycles. The highest BCUT2D eigenvalue weighted by molar-refractivity contribution is 7.98. The van der Waals surface area contributed by atoms with Crippen molar-refractivity contribution in [1.29, 1.82) is 0 Å². The Kier molecular flexibility index (Phi) is 4.96. The van der Waals surface area contributed by atoms with E-state index in [0.717, 1.165) is 18.6 Å². The molecule has 0 radical (unpaired) electrons. The first-order valence-electron chi connectivity index (χ1n) is 7.16. The molecule has 0 heterocycles. The van der Waals surface area contributed by atoms with Crippen LogP contribution >= 0.6 is 11.8 Å². The van der Waals surface area contributed by atoms with Gasteiger partial charge in [-0.1, -0.05) is 6.42 Å². The molecule has 4 heteroatoms. The van der Waals surface area contributed by atoms with Crippen LogP contribution in [0.1, 0.15) is 39.0 Å². The lowest BCUT2D eigenvalue weighted by Gasteiger charge is -2.43. The van der Waals surface area contributed by atoms with Gasteiger partial charge < -0.3 is 11.1 Å². The van der Waals surface area contributed by atoms with Crippen molar-refractivity contribution < 1.29 is 4.79 Å². The molecule has 2 aliphatic rings.